The highest BCUT2D eigenvalue weighted by atomic mass is 79.9. The van der Waals surface area contributed by atoms with Gasteiger partial charge in [-0.25, -0.2) is 0 Å². The first-order chi connectivity index (χ1) is 10.1. The lowest BCUT2D eigenvalue weighted by atomic mass is 9.98. The zero-order chi connectivity index (χ0) is 15.0. The zero-order valence-corrected chi connectivity index (χ0v) is 13.9. The minimum atomic E-state index is 0.0959. The number of hydrogen-bond donors (Lipinski definition) is 0. The summed E-state index contributed by atoms with van der Waals surface area (Å²) in [6.45, 7) is 4.88. The van der Waals surface area contributed by atoms with E-state index in [9.17, 15) is 4.79 Å². The molecular formula is C18H18BrNO. The highest BCUT2D eigenvalue weighted by Gasteiger charge is 2.24. The number of aryl methyl sites for hydroxylation is 3. The van der Waals surface area contributed by atoms with E-state index in [1.54, 1.807) is 0 Å². The van der Waals surface area contributed by atoms with Crippen LogP contribution < -0.4 is 4.90 Å². The van der Waals surface area contributed by atoms with Gasteiger partial charge < -0.3 is 4.90 Å². The van der Waals surface area contributed by atoms with Crippen molar-refractivity contribution >= 4 is 27.5 Å². The van der Waals surface area contributed by atoms with Crippen LogP contribution in [0.5, 0.6) is 0 Å². The molecule has 0 saturated carbocycles. The molecule has 0 bridgehead atoms. The Kier molecular flexibility index (Phi) is 3.85. The van der Waals surface area contributed by atoms with E-state index in [2.05, 4.69) is 41.1 Å². The Morgan fingerprint density at radius 3 is 2.76 bits per heavy atom. The van der Waals surface area contributed by atoms with Crippen LogP contribution >= 0.6 is 15.9 Å². The number of carbonyl (C=O) groups is 1. The molecule has 0 aliphatic carbocycles. The maximum atomic E-state index is 12.9. The molecule has 3 heteroatoms. The molecule has 0 radical (unpaired) electrons. The molecule has 0 N–H and O–H groups in total. The van der Waals surface area contributed by atoms with Gasteiger partial charge in [-0.1, -0.05) is 39.7 Å². The van der Waals surface area contributed by atoms with Crippen LogP contribution in [0.15, 0.2) is 40.9 Å². The molecule has 3 rings (SSSR count). The summed E-state index contributed by atoms with van der Waals surface area (Å²) in [5.41, 5.74) is 5.39. The summed E-state index contributed by atoms with van der Waals surface area (Å²) in [6.07, 6.45) is 2.08. The molecule has 0 spiro atoms. The Morgan fingerprint density at radius 1 is 1.14 bits per heavy atom. The van der Waals surface area contributed by atoms with Gasteiger partial charge in [-0.3, -0.25) is 4.79 Å². The fourth-order valence-electron chi connectivity index (χ4n) is 2.91. The van der Waals surface area contributed by atoms with Crippen molar-refractivity contribution in [3.63, 3.8) is 0 Å². The Morgan fingerprint density at radius 2 is 1.95 bits per heavy atom. The second-order valence-electron chi connectivity index (χ2n) is 5.65. The maximum absolute atomic E-state index is 12.9. The van der Waals surface area contributed by atoms with Crippen molar-refractivity contribution in [1.29, 1.82) is 0 Å². The summed E-state index contributed by atoms with van der Waals surface area (Å²) in [5, 5.41) is 0. The summed E-state index contributed by atoms with van der Waals surface area (Å²) in [5.74, 6) is 0.0959. The maximum Gasteiger partial charge on any atom is 0.258 e. The molecule has 0 aromatic heterocycles. The number of rotatable bonds is 1. The van der Waals surface area contributed by atoms with Crippen molar-refractivity contribution in [2.75, 3.05) is 11.4 Å². The Hall–Kier alpha value is -1.61. The number of benzene rings is 2. The van der Waals surface area contributed by atoms with Crippen molar-refractivity contribution in [1.82, 2.24) is 0 Å². The molecule has 2 nitrogen and oxygen atoms in total. The number of anilines is 1. The molecule has 1 heterocycles. The number of hydrogen-bond acceptors (Lipinski definition) is 1. The molecular weight excluding hydrogens is 326 g/mol. The van der Waals surface area contributed by atoms with Crippen LogP contribution in [0.1, 0.15) is 33.5 Å². The first-order valence-electron chi connectivity index (χ1n) is 7.24. The quantitative estimate of drug-likeness (QED) is 0.737. The molecule has 0 atom stereocenters. The standard InChI is InChI=1S/C18H18BrNO/c1-12-5-8-17-14(10-12)4-3-9-20(17)18(21)16-11-15(19)7-6-13(16)2/h5-8,10-11H,3-4,9H2,1-2H3. The van der Waals surface area contributed by atoms with Crippen LogP contribution in [0.3, 0.4) is 0 Å². The van der Waals surface area contributed by atoms with Crippen LogP contribution in [0.4, 0.5) is 5.69 Å². The smallest absolute Gasteiger partial charge is 0.258 e. The molecule has 108 valence electrons. The van der Waals surface area contributed by atoms with Gasteiger partial charge in [0.2, 0.25) is 0 Å². The predicted molar refractivity (Wildman–Crippen MR) is 90.1 cm³/mol. The van der Waals surface area contributed by atoms with E-state index >= 15 is 0 Å². The normalized spacial score (nSPS) is 14.0. The molecule has 0 saturated heterocycles. The van der Waals surface area contributed by atoms with E-state index in [1.165, 1.54) is 11.1 Å². The Balaban J connectivity index is 2.02. The third-order valence-corrected chi connectivity index (χ3v) is 4.52. The average molecular weight is 344 g/mol. The summed E-state index contributed by atoms with van der Waals surface area (Å²) >= 11 is 3.46. The Bertz CT molecular complexity index is 708. The van der Waals surface area contributed by atoms with Crippen LogP contribution in [-0.4, -0.2) is 12.5 Å². The molecule has 1 amide bonds. The van der Waals surface area contributed by atoms with Crippen molar-refractivity contribution in [3.05, 3.63) is 63.1 Å². The number of nitrogens with zero attached hydrogens (tertiary/aromatic N) is 1. The fourth-order valence-corrected chi connectivity index (χ4v) is 3.27. The number of fused-ring (bicyclic) bond motifs is 1. The van der Waals surface area contributed by atoms with Gasteiger partial charge >= 0.3 is 0 Å². The van der Waals surface area contributed by atoms with E-state index in [0.29, 0.717) is 0 Å². The molecule has 1 aliphatic heterocycles. The zero-order valence-electron chi connectivity index (χ0n) is 12.3. The third-order valence-electron chi connectivity index (χ3n) is 4.03. The van der Waals surface area contributed by atoms with Crippen molar-refractivity contribution in [3.8, 4) is 0 Å². The first kappa shape index (κ1) is 14.3. The minimum Gasteiger partial charge on any atom is -0.308 e. The summed E-state index contributed by atoms with van der Waals surface area (Å²) in [4.78, 5) is 14.8. The van der Waals surface area contributed by atoms with Crippen LogP contribution in [-0.2, 0) is 6.42 Å². The van der Waals surface area contributed by atoms with Crippen molar-refractivity contribution < 1.29 is 4.79 Å². The van der Waals surface area contributed by atoms with Gasteiger partial charge in [0, 0.05) is 22.3 Å². The number of halogens is 1. The van der Waals surface area contributed by atoms with E-state index in [0.717, 1.165) is 40.7 Å². The summed E-state index contributed by atoms with van der Waals surface area (Å²) < 4.78 is 0.942. The van der Waals surface area contributed by atoms with Gasteiger partial charge in [-0.2, -0.15) is 0 Å². The van der Waals surface area contributed by atoms with Crippen LogP contribution in [0.2, 0.25) is 0 Å². The minimum absolute atomic E-state index is 0.0959. The fraction of sp³-hybridized carbons (Fsp3) is 0.278. The largest absolute Gasteiger partial charge is 0.308 e. The van der Waals surface area contributed by atoms with Gasteiger partial charge in [0.1, 0.15) is 0 Å². The molecule has 0 unspecified atom stereocenters. The lowest BCUT2D eigenvalue weighted by molar-refractivity contribution is 0.0984. The molecule has 2 aromatic carbocycles. The molecule has 2 aromatic rings. The van der Waals surface area contributed by atoms with Gasteiger partial charge in [-0.15, -0.1) is 0 Å². The summed E-state index contributed by atoms with van der Waals surface area (Å²) in [7, 11) is 0. The van der Waals surface area contributed by atoms with Gasteiger partial charge in [0.05, 0.1) is 0 Å². The summed E-state index contributed by atoms with van der Waals surface area (Å²) in [6, 6.07) is 12.2. The van der Waals surface area contributed by atoms with Crippen LogP contribution in [0.25, 0.3) is 0 Å². The third kappa shape index (κ3) is 2.75. The molecule has 1 aliphatic rings. The van der Waals surface area contributed by atoms with E-state index in [-0.39, 0.29) is 5.91 Å². The Labute approximate surface area is 133 Å². The molecule has 0 fully saturated rings. The van der Waals surface area contributed by atoms with E-state index in [1.807, 2.05) is 30.0 Å². The van der Waals surface area contributed by atoms with E-state index in [4.69, 9.17) is 0 Å². The van der Waals surface area contributed by atoms with Crippen molar-refractivity contribution in [2.45, 2.75) is 26.7 Å². The lowest BCUT2D eigenvalue weighted by Gasteiger charge is -2.30. The number of amides is 1. The second kappa shape index (κ2) is 5.64. The topological polar surface area (TPSA) is 20.3 Å². The van der Waals surface area contributed by atoms with Gasteiger partial charge in [0.15, 0.2) is 0 Å². The molecule has 21 heavy (non-hydrogen) atoms. The van der Waals surface area contributed by atoms with Crippen molar-refractivity contribution in [2.24, 2.45) is 0 Å². The van der Waals surface area contributed by atoms with E-state index < -0.39 is 0 Å². The van der Waals surface area contributed by atoms with Crippen LogP contribution in [0, 0.1) is 13.8 Å². The monoisotopic (exact) mass is 343 g/mol. The van der Waals surface area contributed by atoms with Gasteiger partial charge in [-0.05, 0) is 56.0 Å². The van der Waals surface area contributed by atoms with Gasteiger partial charge in [0.25, 0.3) is 5.91 Å². The highest BCUT2D eigenvalue weighted by molar-refractivity contribution is 9.10. The average Bonchev–Trinajstić information content (AvgIpc) is 2.48. The lowest BCUT2D eigenvalue weighted by Crippen LogP contribution is -2.35. The SMILES string of the molecule is Cc1ccc2c(c1)CCCN2C(=O)c1cc(Br)ccc1C. The second-order valence-corrected chi connectivity index (χ2v) is 6.57. The predicted octanol–water partition coefficient (Wildman–Crippen LogP) is 4.66. The highest BCUT2D eigenvalue weighted by Crippen LogP contribution is 2.30. The number of carbonyl (C=O) groups excluding carboxylic acids is 1. The first-order valence-corrected chi connectivity index (χ1v) is 8.03.